The molecule has 0 N–H and O–H groups in total. The molecule has 1 aromatic carbocycles. The Hall–Kier alpha value is -0.930. The second-order valence-electron chi connectivity index (χ2n) is 5.15. The van der Waals surface area contributed by atoms with Crippen molar-refractivity contribution in [1.82, 2.24) is 9.29 Å². The first-order valence-electron chi connectivity index (χ1n) is 6.65. The molecule has 0 bridgehead atoms. The molecular formula is C13H12Cl2N2O4S2. The Labute approximate surface area is 144 Å². The number of hydrogen-bond acceptors (Lipinski definition) is 5. The average molecular weight is 395 g/mol. The van der Waals surface area contributed by atoms with E-state index in [4.69, 9.17) is 23.2 Å². The summed E-state index contributed by atoms with van der Waals surface area (Å²) in [6.07, 6.45) is 1.19. The van der Waals surface area contributed by atoms with Crippen LogP contribution in [0.4, 0.5) is 0 Å². The Morgan fingerprint density at radius 1 is 1.13 bits per heavy atom. The van der Waals surface area contributed by atoms with Crippen molar-refractivity contribution in [3.63, 3.8) is 0 Å². The van der Waals surface area contributed by atoms with Gasteiger partial charge in [0.25, 0.3) is 0 Å². The summed E-state index contributed by atoms with van der Waals surface area (Å²) in [5.74, 6) is -0.395. The first kappa shape index (κ1) is 16.9. The number of hydrogen-bond donors (Lipinski definition) is 0. The molecule has 23 heavy (non-hydrogen) atoms. The number of rotatable bonds is 2. The standard InChI is InChI=1S/C13H12Cl2N2O4S2/c14-9-1-2-11-10(7-9)13(15)12(8-16-11)23(20,21)17-3-5-22(18,19)6-4-17/h1-2,7-8H,3-6H2. The molecule has 2 aromatic rings. The Bertz CT molecular complexity index is 976. The van der Waals surface area contributed by atoms with Crippen molar-refractivity contribution in [1.29, 1.82) is 0 Å². The van der Waals surface area contributed by atoms with Crippen molar-refractivity contribution < 1.29 is 16.8 Å². The molecular weight excluding hydrogens is 383 g/mol. The number of nitrogens with zero attached hydrogens (tertiary/aromatic N) is 2. The Morgan fingerprint density at radius 2 is 1.78 bits per heavy atom. The molecule has 6 nitrogen and oxygen atoms in total. The number of halogens is 2. The summed E-state index contributed by atoms with van der Waals surface area (Å²) in [6, 6.07) is 4.83. The Morgan fingerprint density at radius 3 is 2.43 bits per heavy atom. The fourth-order valence-electron chi connectivity index (χ4n) is 2.37. The first-order valence-corrected chi connectivity index (χ1v) is 10.7. The SMILES string of the molecule is O=S1(=O)CCN(S(=O)(=O)c2cnc3ccc(Cl)cc3c2Cl)CC1. The minimum atomic E-state index is -3.92. The topological polar surface area (TPSA) is 84.4 Å². The molecule has 0 radical (unpaired) electrons. The van der Waals surface area contributed by atoms with Crippen molar-refractivity contribution >= 4 is 54.0 Å². The minimum absolute atomic E-state index is 0.0333. The number of sulfone groups is 1. The summed E-state index contributed by atoms with van der Waals surface area (Å²) < 4.78 is 49.5. The molecule has 0 aliphatic carbocycles. The fourth-order valence-corrected chi connectivity index (χ4v) is 5.93. The predicted molar refractivity (Wildman–Crippen MR) is 89.2 cm³/mol. The molecule has 0 unspecified atom stereocenters. The summed E-state index contributed by atoms with van der Waals surface area (Å²) in [5, 5.41) is 0.885. The van der Waals surface area contributed by atoms with Crippen LogP contribution >= 0.6 is 23.2 Å². The highest BCUT2D eigenvalue weighted by Gasteiger charge is 2.33. The maximum atomic E-state index is 12.7. The van der Waals surface area contributed by atoms with Crippen molar-refractivity contribution in [2.45, 2.75) is 4.90 Å². The van der Waals surface area contributed by atoms with E-state index in [-0.39, 0.29) is 34.5 Å². The van der Waals surface area contributed by atoms with Gasteiger partial charge in [-0.15, -0.1) is 0 Å². The second kappa shape index (κ2) is 5.86. The molecule has 124 valence electrons. The van der Waals surface area contributed by atoms with Gasteiger partial charge in [-0.1, -0.05) is 23.2 Å². The molecule has 3 rings (SSSR count). The monoisotopic (exact) mass is 394 g/mol. The van der Waals surface area contributed by atoms with Crippen LogP contribution in [0.5, 0.6) is 0 Å². The zero-order valence-electron chi connectivity index (χ0n) is 11.7. The maximum absolute atomic E-state index is 12.7. The van der Waals surface area contributed by atoms with Crippen LogP contribution < -0.4 is 0 Å². The highest BCUT2D eigenvalue weighted by molar-refractivity contribution is 7.92. The lowest BCUT2D eigenvalue weighted by Gasteiger charge is -2.26. The van der Waals surface area contributed by atoms with Crippen LogP contribution in [0.25, 0.3) is 10.9 Å². The van der Waals surface area contributed by atoms with Crippen LogP contribution in [-0.4, -0.2) is 50.7 Å². The summed E-state index contributed by atoms with van der Waals surface area (Å²) >= 11 is 12.2. The summed E-state index contributed by atoms with van der Waals surface area (Å²) in [6.45, 7) is -0.177. The van der Waals surface area contributed by atoms with E-state index in [9.17, 15) is 16.8 Å². The largest absolute Gasteiger partial charge is 0.255 e. The van der Waals surface area contributed by atoms with E-state index >= 15 is 0 Å². The molecule has 0 atom stereocenters. The third-order valence-corrected chi connectivity index (χ3v) is 7.93. The summed E-state index contributed by atoms with van der Waals surface area (Å²) in [5.41, 5.74) is 0.527. The Kier molecular flexibility index (Phi) is 4.31. The molecule has 10 heteroatoms. The normalized spacial score (nSPS) is 19.0. The molecule has 0 spiro atoms. The van der Waals surface area contributed by atoms with Crippen molar-refractivity contribution in [3.05, 3.63) is 34.4 Å². The lowest BCUT2D eigenvalue weighted by molar-refractivity contribution is 0.430. The van der Waals surface area contributed by atoms with Crippen LogP contribution in [0.15, 0.2) is 29.3 Å². The number of aromatic nitrogens is 1. The van der Waals surface area contributed by atoms with Crippen LogP contribution in [0, 0.1) is 0 Å². The van der Waals surface area contributed by atoms with E-state index in [0.717, 1.165) is 4.31 Å². The lowest BCUT2D eigenvalue weighted by Crippen LogP contribution is -2.43. The zero-order chi connectivity index (χ0) is 16.8. The smallest absolute Gasteiger partial charge is 0.246 e. The highest BCUT2D eigenvalue weighted by atomic mass is 35.5. The number of fused-ring (bicyclic) bond motifs is 1. The number of pyridine rings is 1. The van der Waals surface area contributed by atoms with Crippen LogP contribution in [0.1, 0.15) is 0 Å². The van der Waals surface area contributed by atoms with Crippen LogP contribution in [0.3, 0.4) is 0 Å². The van der Waals surface area contributed by atoms with Gasteiger partial charge in [0.15, 0.2) is 9.84 Å². The van der Waals surface area contributed by atoms with Gasteiger partial charge in [0, 0.05) is 29.7 Å². The molecule has 1 aliphatic rings. The van der Waals surface area contributed by atoms with Crippen LogP contribution in [0.2, 0.25) is 10.0 Å². The Balaban J connectivity index is 2.07. The van der Waals surface area contributed by atoms with Crippen molar-refractivity contribution in [2.24, 2.45) is 0 Å². The van der Waals surface area contributed by atoms with E-state index in [0.29, 0.717) is 15.9 Å². The van der Waals surface area contributed by atoms with Gasteiger partial charge < -0.3 is 0 Å². The molecule has 2 heterocycles. The maximum Gasteiger partial charge on any atom is 0.246 e. The van der Waals surface area contributed by atoms with E-state index in [2.05, 4.69) is 4.98 Å². The molecule has 1 fully saturated rings. The second-order valence-corrected chi connectivity index (χ2v) is 10.2. The van der Waals surface area contributed by atoms with Gasteiger partial charge in [-0.2, -0.15) is 4.31 Å². The van der Waals surface area contributed by atoms with Gasteiger partial charge in [0.1, 0.15) is 4.90 Å². The fraction of sp³-hybridized carbons (Fsp3) is 0.308. The van der Waals surface area contributed by atoms with Crippen LogP contribution in [-0.2, 0) is 19.9 Å². The van der Waals surface area contributed by atoms with Crippen molar-refractivity contribution in [2.75, 3.05) is 24.6 Å². The average Bonchev–Trinajstić information content (AvgIpc) is 2.47. The van der Waals surface area contributed by atoms with Gasteiger partial charge in [-0.25, -0.2) is 16.8 Å². The first-order chi connectivity index (χ1) is 10.7. The quantitative estimate of drug-likeness (QED) is 0.776. The van der Waals surface area contributed by atoms with Gasteiger partial charge in [-0.05, 0) is 18.2 Å². The van der Waals surface area contributed by atoms with E-state index in [1.165, 1.54) is 6.20 Å². The van der Waals surface area contributed by atoms with Gasteiger partial charge in [-0.3, -0.25) is 4.98 Å². The highest BCUT2D eigenvalue weighted by Crippen LogP contribution is 2.32. The molecule has 1 aliphatic heterocycles. The van der Waals surface area contributed by atoms with Crippen molar-refractivity contribution in [3.8, 4) is 0 Å². The van der Waals surface area contributed by atoms with E-state index in [1.54, 1.807) is 18.2 Å². The predicted octanol–water partition coefficient (Wildman–Crippen LogP) is 1.96. The van der Waals surface area contributed by atoms with Gasteiger partial charge >= 0.3 is 0 Å². The van der Waals surface area contributed by atoms with Gasteiger partial charge in [0.2, 0.25) is 10.0 Å². The molecule has 0 saturated carbocycles. The van der Waals surface area contributed by atoms with Gasteiger partial charge in [0.05, 0.1) is 22.0 Å². The van der Waals surface area contributed by atoms with E-state index < -0.39 is 19.9 Å². The number of benzene rings is 1. The lowest BCUT2D eigenvalue weighted by atomic mass is 10.2. The zero-order valence-corrected chi connectivity index (χ0v) is 14.9. The third-order valence-electron chi connectivity index (χ3n) is 3.65. The summed E-state index contributed by atoms with van der Waals surface area (Å²) in [7, 11) is -7.10. The molecule has 1 aromatic heterocycles. The summed E-state index contributed by atoms with van der Waals surface area (Å²) in [4.78, 5) is 3.96. The third kappa shape index (κ3) is 3.18. The minimum Gasteiger partial charge on any atom is -0.255 e. The number of sulfonamides is 1. The van der Waals surface area contributed by atoms with E-state index in [1.807, 2.05) is 0 Å². The molecule has 0 amide bonds. The molecule has 1 saturated heterocycles.